The first-order valence-corrected chi connectivity index (χ1v) is 18.8. The fraction of sp³-hybridized carbons (Fsp3) is 0.0286. The Labute approximate surface area is 321 Å². The molecular weight excluding hydrogens is 789 g/mol. The van der Waals surface area contributed by atoms with E-state index in [4.69, 9.17) is 4.74 Å². The van der Waals surface area contributed by atoms with Crippen LogP contribution in [0.1, 0.15) is 0 Å². The van der Waals surface area contributed by atoms with Crippen LogP contribution in [0.3, 0.4) is 0 Å². The minimum Gasteiger partial charge on any atom is -0.506 e. The Bertz CT molecular complexity index is 2890. The van der Waals surface area contributed by atoms with E-state index in [0.717, 1.165) is 30.3 Å². The Morgan fingerprint density at radius 2 is 1.25 bits per heavy atom. The molecule has 0 aliphatic rings. The first-order valence-electron chi connectivity index (χ1n) is 15.9. The number of para-hydroxylation sites is 2. The van der Waals surface area contributed by atoms with Crippen molar-refractivity contribution in [2.75, 3.05) is 12.4 Å². The van der Waals surface area contributed by atoms with Gasteiger partial charge in [-0.3, -0.25) is 19.2 Å². The molecule has 0 aliphatic carbocycles. The maximum Gasteiger partial charge on any atom is 0.296 e. The Kier molecular flexibility index (Phi) is 10.9. The third-order valence-electron chi connectivity index (χ3n) is 7.90. The molecular formula is C35H26N8O12S2. The topological polar surface area (TPSA) is 308 Å². The second-order valence-corrected chi connectivity index (χ2v) is 14.4. The Morgan fingerprint density at radius 1 is 0.632 bits per heavy atom. The molecule has 290 valence electrons. The molecule has 6 aromatic carbocycles. The molecule has 0 aliphatic heterocycles. The molecule has 20 nitrogen and oxygen atoms in total. The number of methoxy groups -OCH3 is 1. The largest absolute Gasteiger partial charge is 0.506 e. The maximum atomic E-state index is 12.3. The number of aromatic hydroxyl groups is 3. The second kappa shape index (κ2) is 15.8. The first kappa shape index (κ1) is 39.3. The lowest BCUT2D eigenvalue weighted by atomic mass is 10.1. The first-order chi connectivity index (χ1) is 27.0. The van der Waals surface area contributed by atoms with E-state index in [2.05, 4.69) is 36.0 Å². The van der Waals surface area contributed by atoms with Gasteiger partial charge in [-0.05, 0) is 48.5 Å². The van der Waals surface area contributed by atoms with Crippen LogP contribution in [0.25, 0.3) is 10.8 Å². The average Bonchev–Trinajstić information content (AvgIpc) is 3.17. The molecule has 0 atom stereocenters. The number of nitro groups is 1. The predicted molar refractivity (Wildman–Crippen MR) is 203 cm³/mol. The number of hydrogen-bond acceptors (Lipinski definition) is 17. The third-order valence-corrected chi connectivity index (χ3v) is 9.69. The normalized spacial score (nSPS) is 12.2. The average molecular weight is 815 g/mol. The van der Waals surface area contributed by atoms with Crippen LogP contribution in [0, 0.1) is 10.1 Å². The van der Waals surface area contributed by atoms with Crippen LogP contribution in [0.4, 0.5) is 51.2 Å². The lowest BCUT2D eigenvalue weighted by Gasteiger charge is -2.11. The molecule has 0 heterocycles. The number of nitro benzene ring substituents is 1. The van der Waals surface area contributed by atoms with E-state index in [1.807, 2.05) is 0 Å². The van der Waals surface area contributed by atoms with Crippen molar-refractivity contribution >= 4 is 82.2 Å². The molecule has 0 unspecified atom stereocenters. The predicted octanol–water partition coefficient (Wildman–Crippen LogP) is 9.36. The van der Waals surface area contributed by atoms with E-state index < -0.39 is 80.3 Å². The van der Waals surface area contributed by atoms with Crippen LogP contribution in [0.5, 0.6) is 23.0 Å². The minimum absolute atomic E-state index is 0.00945. The summed E-state index contributed by atoms with van der Waals surface area (Å²) >= 11 is 0. The van der Waals surface area contributed by atoms with Crippen LogP contribution in [0.2, 0.25) is 0 Å². The molecule has 0 spiro atoms. The number of nitrogens with one attached hydrogen (secondary N) is 1. The van der Waals surface area contributed by atoms with E-state index in [0.29, 0.717) is 17.5 Å². The van der Waals surface area contributed by atoms with Gasteiger partial charge in [0.15, 0.2) is 17.2 Å². The van der Waals surface area contributed by atoms with Crippen molar-refractivity contribution in [3.05, 3.63) is 113 Å². The van der Waals surface area contributed by atoms with Gasteiger partial charge in [0.25, 0.3) is 25.9 Å². The van der Waals surface area contributed by atoms with E-state index in [1.54, 1.807) is 54.6 Å². The highest BCUT2D eigenvalue weighted by Gasteiger charge is 2.24. The molecule has 0 saturated carbocycles. The van der Waals surface area contributed by atoms with Crippen molar-refractivity contribution in [3.8, 4) is 23.0 Å². The van der Waals surface area contributed by atoms with Crippen molar-refractivity contribution in [3.63, 3.8) is 0 Å². The van der Waals surface area contributed by atoms with Gasteiger partial charge in [-0.15, -0.1) is 25.6 Å². The van der Waals surface area contributed by atoms with Gasteiger partial charge in [-0.1, -0.05) is 30.3 Å². The highest BCUT2D eigenvalue weighted by Crippen LogP contribution is 2.51. The molecule has 0 radical (unpaired) electrons. The van der Waals surface area contributed by atoms with Gasteiger partial charge in [0.1, 0.15) is 44.0 Å². The summed E-state index contributed by atoms with van der Waals surface area (Å²) in [5.74, 6) is -2.23. The van der Waals surface area contributed by atoms with E-state index in [9.17, 15) is 51.4 Å². The molecule has 0 saturated heterocycles. The molecule has 6 N–H and O–H groups in total. The standard InChI is InChI=1S/C35H26N8O12S2/c1-55-29-10-6-5-9-24(29)38-39-26-17-27(40-41-32-22-13-12-21(43(47)48)16-23(22)30(18-28(32)44)56(49,50)51)35(46)33(34(26)45)42-37-20-11-14-25(31(15-20)57(52,53)54)36-19-7-3-2-4-8-19/h2-18,36,44-46H,1H3,(H,49,50,51)(H,52,53,54). The van der Waals surface area contributed by atoms with Gasteiger partial charge >= 0.3 is 0 Å². The summed E-state index contributed by atoms with van der Waals surface area (Å²) in [4.78, 5) is 9.18. The lowest BCUT2D eigenvalue weighted by molar-refractivity contribution is -0.384. The Morgan fingerprint density at radius 3 is 1.89 bits per heavy atom. The van der Waals surface area contributed by atoms with Gasteiger partial charge in [0.2, 0.25) is 0 Å². The number of phenolic OH excluding ortho intramolecular Hbond substituents is 3. The van der Waals surface area contributed by atoms with Crippen LogP contribution < -0.4 is 10.1 Å². The maximum absolute atomic E-state index is 12.3. The number of phenols is 3. The molecule has 57 heavy (non-hydrogen) atoms. The van der Waals surface area contributed by atoms with Gasteiger partial charge in [0.05, 0.1) is 23.4 Å². The summed E-state index contributed by atoms with van der Waals surface area (Å²) in [5, 5.41) is 70.8. The van der Waals surface area contributed by atoms with Crippen molar-refractivity contribution in [1.82, 2.24) is 0 Å². The smallest absolute Gasteiger partial charge is 0.296 e. The number of non-ortho nitro benzene ring substituents is 1. The van der Waals surface area contributed by atoms with E-state index in [1.165, 1.54) is 19.2 Å². The fourth-order valence-electron chi connectivity index (χ4n) is 5.25. The zero-order valence-electron chi connectivity index (χ0n) is 28.9. The van der Waals surface area contributed by atoms with Gasteiger partial charge in [0, 0.05) is 40.7 Å². The van der Waals surface area contributed by atoms with Crippen LogP contribution in [-0.2, 0) is 20.2 Å². The van der Waals surface area contributed by atoms with Crippen LogP contribution in [-0.4, -0.2) is 53.3 Å². The molecule has 0 fully saturated rings. The zero-order valence-corrected chi connectivity index (χ0v) is 30.5. The Balaban J connectivity index is 1.49. The van der Waals surface area contributed by atoms with Crippen LogP contribution in [0.15, 0.2) is 144 Å². The second-order valence-electron chi connectivity index (χ2n) is 11.6. The summed E-state index contributed by atoms with van der Waals surface area (Å²) in [6.45, 7) is 0. The van der Waals surface area contributed by atoms with Crippen molar-refractivity contribution < 1.29 is 50.9 Å². The molecule has 0 aromatic heterocycles. The summed E-state index contributed by atoms with van der Waals surface area (Å²) in [6.07, 6.45) is 0. The van der Waals surface area contributed by atoms with Crippen LogP contribution >= 0.6 is 0 Å². The number of rotatable bonds is 12. The highest BCUT2D eigenvalue weighted by molar-refractivity contribution is 7.86. The fourth-order valence-corrected chi connectivity index (χ4v) is 6.62. The molecule has 0 amide bonds. The minimum atomic E-state index is -5.02. The molecule has 22 heteroatoms. The molecule has 0 bridgehead atoms. The van der Waals surface area contributed by atoms with Crippen molar-refractivity contribution in [2.45, 2.75) is 9.79 Å². The summed E-state index contributed by atoms with van der Waals surface area (Å²) in [7, 11) is -8.46. The monoisotopic (exact) mass is 814 g/mol. The number of ether oxygens (including phenoxy) is 1. The zero-order chi connectivity index (χ0) is 41.1. The van der Waals surface area contributed by atoms with Crippen molar-refractivity contribution in [2.24, 2.45) is 30.7 Å². The number of fused-ring (bicyclic) bond motifs is 1. The number of anilines is 2. The number of benzene rings is 6. The summed E-state index contributed by atoms with van der Waals surface area (Å²) in [5.41, 5.74) is -2.04. The highest BCUT2D eigenvalue weighted by atomic mass is 32.2. The SMILES string of the molecule is COc1ccccc1N=Nc1cc(N=Nc2c(O)cc(S(=O)(=O)O)c3cc([N+](=O)[O-])ccc23)c(O)c(N=Nc2ccc(Nc3ccccc3)c(S(=O)(=O)O)c2)c1O. The Hall–Kier alpha value is -7.40. The van der Waals surface area contributed by atoms with Crippen molar-refractivity contribution in [1.29, 1.82) is 0 Å². The number of hydrogen-bond donors (Lipinski definition) is 6. The van der Waals surface area contributed by atoms with Gasteiger partial charge in [-0.2, -0.15) is 21.9 Å². The number of azo groups is 3. The third kappa shape index (κ3) is 8.63. The molecule has 6 rings (SSSR count). The van der Waals surface area contributed by atoms with Gasteiger partial charge in [-0.25, -0.2) is 0 Å². The summed E-state index contributed by atoms with van der Waals surface area (Å²) in [6, 6.07) is 23.0. The lowest BCUT2D eigenvalue weighted by Crippen LogP contribution is -2.03. The van der Waals surface area contributed by atoms with E-state index in [-0.39, 0.29) is 28.1 Å². The van der Waals surface area contributed by atoms with Gasteiger partial charge < -0.3 is 25.4 Å². The molecule has 6 aromatic rings. The quantitative estimate of drug-likeness (QED) is 0.0290. The van der Waals surface area contributed by atoms with E-state index >= 15 is 0 Å². The number of nitrogens with zero attached hydrogens (tertiary/aromatic N) is 7. The summed E-state index contributed by atoms with van der Waals surface area (Å²) < 4.78 is 73.9.